The Hall–Kier alpha value is 2.02. The zero-order valence-electron chi connectivity index (χ0n) is 27.0. The Morgan fingerprint density at radius 1 is 0.417 bits per heavy atom. The third-order valence-electron chi connectivity index (χ3n) is 4.35. The average molecular weight is 742 g/mol. The van der Waals surface area contributed by atoms with Crippen molar-refractivity contribution in [2.75, 3.05) is 0 Å². The minimum atomic E-state index is -1.17. The standard InChI is InChI=1S/2C12H26P.2C2H6O2.2Pd/c2*1-10(2,3)13(11(4,5)6)12(7,8)9;2*1-2(3)4;;/h2*1H2,2-9H3;2*2-4H,1H3;;/q2*-1;;;;/p+2. The number of hydrogen-bond acceptors (Lipinski definition) is 4. The fraction of sp³-hybridized carbons (Fsp3) is 0.929. The second kappa shape index (κ2) is 19.2. The van der Waals surface area contributed by atoms with Crippen LogP contribution < -0.4 is 0 Å². The largest absolute Gasteiger partial charge is 0.368 e. The molecule has 0 amide bonds. The minimum absolute atomic E-state index is 0. The van der Waals surface area contributed by atoms with E-state index in [1.165, 1.54) is 13.8 Å². The first-order valence-corrected chi connectivity index (χ1v) is 15.4. The summed E-state index contributed by atoms with van der Waals surface area (Å²) in [6.45, 7) is 48.7. The van der Waals surface area contributed by atoms with Crippen molar-refractivity contribution in [3.8, 4) is 0 Å². The van der Waals surface area contributed by atoms with Crippen molar-refractivity contribution in [1.82, 2.24) is 0 Å². The second-order valence-corrected chi connectivity index (χ2v) is 25.0. The van der Waals surface area contributed by atoms with E-state index in [0.717, 1.165) is 0 Å². The molecule has 0 aromatic heterocycles. The molecule has 4 N–H and O–H groups in total. The number of aliphatic hydroxyl groups excluding tert-OH is 2. The van der Waals surface area contributed by atoms with Gasteiger partial charge in [0.1, 0.15) is 12.6 Å². The van der Waals surface area contributed by atoms with Gasteiger partial charge in [0.05, 0.1) is 20.6 Å². The average Bonchev–Trinajstić information content (AvgIpc) is 2.23. The maximum absolute atomic E-state index is 7.61. The molecular weight excluding hydrogens is 675 g/mol. The third kappa shape index (κ3) is 30.6. The SMILES string of the molecule is CC(O)O.CC(O)O.[CH2-]C(C)(C)[PH+](C(C)(C)C)C(C)(C)C.[CH2-]C(C)(C)[PH+](C(C)(C)C)C(C)(C)C.[Pd].[Pd]. The molecule has 36 heavy (non-hydrogen) atoms. The molecule has 0 spiro atoms. The van der Waals surface area contributed by atoms with Gasteiger partial charge in [-0.2, -0.15) is 0 Å². The van der Waals surface area contributed by atoms with Crippen molar-refractivity contribution in [1.29, 1.82) is 0 Å². The molecule has 0 fully saturated rings. The fourth-order valence-electron chi connectivity index (χ4n) is 6.31. The molecule has 8 heteroatoms. The van der Waals surface area contributed by atoms with Crippen molar-refractivity contribution in [3.63, 3.8) is 0 Å². The van der Waals surface area contributed by atoms with Crippen LogP contribution in [0.3, 0.4) is 0 Å². The molecule has 4 nitrogen and oxygen atoms in total. The molecule has 0 atom stereocenters. The Morgan fingerprint density at radius 2 is 0.500 bits per heavy atom. The van der Waals surface area contributed by atoms with Gasteiger partial charge in [-0.3, -0.25) is 0 Å². The molecule has 0 radical (unpaired) electrons. The van der Waals surface area contributed by atoms with Crippen molar-refractivity contribution in [2.45, 2.75) is 168 Å². The van der Waals surface area contributed by atoms with Gasteiger partial charge in [-0.15, -0.1) is 0 Å². The van der Waals surface area contributed by atoms with Crippen molar-refractivity contribution >= 4 is 15.8 Å². The summed E-state index contributed by atoms with van der Waals surface area (Å²) >= 11 is 0. The first-order valence-electron chi connectivity index (χ1n) is 12.4. The summed E-state index contributed by atoms with van der Waals surface area (Å²) in [6, 6.07) is 0. The molecule has 0 aliphatic rings. The van der Waals surface area contributed by atoms with Crippen LogP contribution in [0.2, 0.25) is 0 Å². The second-order valence-electron chi connectivity index (χ2n) is 14.8. The van der Waals surface area contributed by atoms with E-state index in [-0.39, 0.29) is 51.2 Å². The summed E-state index contributed by atoms with van der Waals surface area (Å²) in [7, 11) is -1.00. The normalized spacial score (nSPS) is 13.0. The van der Waals surface area contributed by atoms with E-state index in [2.05, 4.69) is 125 Å². The zero-order valence-corrected chi connectivity index (χ0v) is 32.1. The number of hydrogen-bond donors (Lipinski definition) is 4. The van der Waals surface area contributed by atoms with Gasteiger partial charge in [-0.1, -0.05) is 27.7 Å². The monoisotopic (exact) mass is 740 g/mol. The van der Waals surface area contributed by atoms with E-state index in [4.69, 9.17) is 20.4 Å². The van der Waals surface area contributed by atoms with Crippen molar-refractivity contribution < 1.29 is 61.3 Å². The molecule has 0 aliphatic heterocycles. The summed E-state index contributed by atoms with van der Waals surface area (Å²) < 4.78 is 0. The van der Waals surface area contributed by atoms with Crippen molar-refractivity contribution in [3.05, 3.63) is 13.8 Å². The Labute approximate surface area is 257 Å². The van der Waals surface area contributed by atoms with E-state index < -0.39 is 28.4 Å². The van der Waals surface area contributed by atoms with Gasteiger partial charge >= 0.3 is 0 Å². The Balaban J connectivity index is -0.0000000923. The van der Waals surface area contributed by atoms with Gasteiger partial charge in [-0.25, -0.2) is 0 Å². The Morgan fingerprint density at radius 3 is 0.500 bits per heavy atom. The van der Waals surface area contributed by atoms with Gasteiger partial charge in [0.15, 0.2) is 0 Å². The number of aliphatic hydroxyl groups is 4. The van der Waals surface area contributed by atoms with Crippen LogP contribution >= 0.6 is 15.8 Å². The van der Waals surface area contributed by atoms with E-state index in [0.29, 0.717) is 20.6 Å². The zero-order chi connectivity index (χ0) is 29.3. The topological polar surface area (TPSA) is 80.9 Å². The van der Waals surface area contributed by atoms with Crippen LogP contribution in [-0.4, -0.2) is 63.9 Å². The maximum atomic E-state index is 7.61. The summed E-state index contributed by atoms with van der Waals surface area (Å²) in [4.78, 5) is 0. The summed E-state index contributed by atoms with van der Waals surface area (Å²) in [5.74, 6) is 0. The minimum Gasteiger partial charge on any atom is -0.368 e. The van der Waals surface area contributed by atoms with Crippen LogP contribution in [0, 0.1) is 13.8 Å². The molecule has 0 unspecified atom stereocenters. The van der Waals surface area contributed by atoms with E-state index in [1.54, 1.807) is 0 Å². The predicted molar refractivity (Wildman–Crippen MR) is 162 cm³/mol. The number of rotatable bonds is 2. The first kappa shape index (κ1) is 50.8. The van der Waals surface area contributed by atoms with Crippen LogP contribution in [0.25, 0.3) is 0 Å². The molecule has 232 valence electrons. The van der Waals surface area contributed by atoms with Gasteiger partial charge in [-0.05, 0) is 123 Å². The summed E-state index contributed by atoms with van der Waals surface area (Å²) in [5.41, 5.74) is 0. The van der Waals surface area contributed by atoms with Crippen LogP contribution in [0.15, 0.2) is 0 Å². The fourth-order valence-corrected chi connectivity index (χ4v) is 18.9. The molecule has 0 aromatic carbocycles. The molecule has 0 aliphatic carbocycles. The van der Waals surface area contributed by atoms with Crippen LogP contribution in [0.5, 0.6) is 0 Å². The van der Waals surface area contributed by atoms with Gasteiger partial charge in [0.25, 0.3) is 0 Å². The predicted octanol–water partition coefficient (Wildman–Crippen LogP) is 7.45. The maximum Gasteiger partial charge on any atom is 0.148 e. The molecular formula is C28H66O4P2Pd2. The summed E-state index contributed by atoms with van der Waals surface area (Å²) in [5, 5.41) is 32.6. The van der Waals surface area contributed by atoms with Crippen molar-refractivity contribution in [2.24, 2.45) is 0 Å². The molecule has 0 bridgehead atoms. The van der Waals surface area contributed by atoms with Gasteiger partial charge in [0, 0.05) is 40.8 Å². The van der Waals surface area contributed by atoms with Crippen LogP contribution in [0.1, 0.15) is 125 Å². The van der Waals surface area contributed by atoms with E-state index in [9.17, 15) is 0 Å². The quantitative estimate of drug-likeness (QED) is 0.103. The molecule has 0 rings (SSSR count). The van der Waals surface area contributed by atoms with Gasteiger partial charge in [0.2, 0.25) is 0 Å². The van der Waals surface area contributed by atoms with Gasteiger partial charge < -0.3 is 34.3 Å². The molecule has 0 heterocycles. The van der Waals surface area contributed by atoms with Crippen LogP contribution in [0.4, 0.5) is 0 Å². The molecule has 0 saturated carbocycles. The smallest absolute Gasteiger partial charge is 0.148 e. The summed E-state index contributed by atoms with van der Waals surface area (Å²) in [6.07, 6.45) is -2.33. The van der Waals surface area contributed by atoms with E-state index >= 15 is 0 Å². The Bertz CT molecular complexity index is 395. The first-order chi connectivity index (χ1) is 14.2. The Kier molecular flexibility index (Phi) is 27.1. The van der Waals surface area contributed by atoms with Crippen LogP contribution in [-0.2, 0) is 40.8 Å². The third-order valence-corrected chi connectivity index (χ3v) is 13.1. The molecule has 0 saturated heterocycles. The van der Waals surface area contributed by atoms with E-state index in [1.807, 2.05) is 0 Å². The molecule has 0 aromatic rings.